The highest BCUT2D eigenvalue weighted by Crippen LogP contribution is 2.28. The summed E-state index contributed by atoms with van der Waals surface area (Å²) in [5.74, 6) is 1.39. The molecule has 4 aromatic rings. The molecule has 0 fully saturated rings. The number of hydrogen-bond acceptors (Lipinski definition) is 2. The lowest BCUT2D eigenvalue weighted by molar-refractivity contribution is 0.0568. The van der Waals surface area contributed by atoms with Gasteiger partial charge in [0.25, 0.3) is 5.91 Å². The minimum atomic E-state index is -0.0313. The Labute approximate surface area is 195 Å². The molecule has 0 spiro atoms. The van der Waals surface area contributed by atoms with Crippen molar-refractivity contribution in [2.45, 2.75) is 38.8 Å². The Balaban J connectivity index is 1.43. The second-order valence-electron chi connectivity index (χ2n) is 9.12. The van der Waals surface area contributed by atoms with Crippen LogP contribution in [-0.4, -0.2) is 23.5 Å². The molecule has 1 atom stereocenters. The zero-order valence-electron chi connectivity index (χ0n) is 19.2. The average molecular weight is 436 g/mol. The van der Waals surface area contributed by atoms with Crippen molar-refractivity contribution < 1.29 is 9.53 Å². The lowest BCUT2D eigenvalue weighted by Crippen LogP contribution is -2.47. The van der Waals surface area contributed by atoms with Crippen molar-refractivity contribution in [3.8, 4) is 5.75 Å². The Morgan fingerprint density at radius 3 is 2.36 bits per heavy atom. The number of carbonyl (C=O) groups is 1. The molecule has 0 aliphatic carbocycles. The minimum Gasteiger partial charge on any atom is -0.491 e. The summed E-state index contributed by atoms with van der Waals surface area (Å²) in [5, 5.41) is 2.08. The zero-order chi connectivity index (χ0) is 22.8. The van der Waals surface area contributed by atoms with E-state index in [4.69, 9.17) is 4.74 Å². The van der Waals surface area contributed by atoms with Gasteiger partial charge in [0.1, 0.15) is 12.4 Å². The molecular weight excluding hydrogens is 406 g/mol. The second kappa shape index (κ2) is 9.11. The quantitative estimate of drug-likeness (QED) is 0.353. The van der Waals surface area contributed by atoms with Crippen molar-refractivity contribution in [1.82, 2.24) is 4.90 Å². The molecule has 33 heavy (non-hydrogen) atoms. The van der Waals surface area contributed by atoms with E-state index in [9.17, 15) is 4.79 Å². The molecule has 0 bridgehead atoms. The fourth-order valence-electron chi connectivity index (χ4n) is 4.68. The fourth-order valence-corrected chi connectivity index (χ4v) is 4.68. The molecule has 1 aliphatic rings. The van der Waals surface area contributed by atoms with E-state index in [2.05, 4.69) is 56.3 Å². The van der Waals surface area contributed by atoms with E-state index < -0.39 is 0 Å². The maximum atomic E-state index is 13.8. The lowest BCUT2D eigenvalue weighted by atomic mass is 9.93. The third-order valence-electron chi connectivity index (χ3n) is 6.63. The Bertz CT molecular complexity index is 1270. The van der Waals surface area contributed by atoms with Gasteiger partial charge in [0.2, 0.25) is 0 Å². The van der Waals surface area contributed by atoms with Gasteiger partial charge in [-0.05, 0) is 58.0 Å². The third kappa shape index (κ3) is 4.36. The van der Waals surface area contributed by atoms with Crippen LogP contribution in [0.2, 0.25) is 0 Å². The molecule has 0 N–H and O–H groups in total. The lowest BCUT2D eigenvalue weighted by Gasteiger charge is -2.37. The summed E-state index contributed by atoms with van der Waals surface area (Å²) >= 11 is 0. The molecule has 0 saturated heterocycles. The molecule has 4 aromatic carbocycles. The summed E-state index contributed by atoms with van der Waals surface area (Å²) in [5.41, 5.74) is 4.55. The number of hydrogen-bond donors (Lipinski definition) is 0. The number of ether oxygens (including phenoxy) is 1. The third-order valence-corrected chi connectivity index (χ3v) is 6.63. The van der Waals surface area contributed by atoms with Gasteiger partial charge in [0.05, 0.1) is 6.04 Å². The second-order valence-corrected chi connectivity index (χ2v) is 9.12. The number of nitrogens with zero attached hydrogens (tertiary/aromatic N) is 1. The summed E-state index contributed by atoms with van der Waals surface area (Å²) < 4.78 is 6.21. The number of fused-ring (bicyclic) bond motifs is 2. The van der Waals surface area contributed by atoms with Gasteiger partial charge in [-0.25, -0.2) is 0 Å². The van der Waals surface area contributed by atoms with Crippen molar-refractivity contribution in [2.24, 2.45) is 0 Å². The normalized spacial score (nSPS) is 15.5. The van der Waals surface area contributed by atoms with Gasteiger partial charge in [-0.1, -0.05) is 86.6 Å². The monoisotopic (exact) mass is 435 g/mol. The highest BCUT2D eigenvalue weighted by molar-refractivity contribution is 6.07. The van der Waals surface area contributed by atoms with Crippen LogP contribution in [0.5, 0.6) is 5.75 Å². The van der Waals surface area contributed by atoms with Crippen molar-refractivity contribution in [3.05, 3.63) is 113 Å². The Morgan fingerprint density at radius 2 is 1.58 bits per heavy atom. The molecule has 0 saturated carbocycles. The molecule has 1 aliphatic heterocycles. The van der Waals surface area contributed by atoms with Crippen LogP contribution in [0.15, 0.2) is 91.0 Å². The van der Waals surface area contributed by atoms with Gasteiger partial charge in [-0.2, -0.15) is 0 Å². The van der Waals surface area contributed by atoms with Crippen LogP contribution in [0.3, 0.4) is 0 Å². The van der Waals surface area contributed by atoms with E-state index in [0.717, 1.165) is 28.5 Å². The zero-order valence-corrected chi connectivity index (χ0v) is 19.2. The summed E-state index contributed by atoms with van der Waals surface area (Å²) in [7, 11) is 0. The van der Waals surface area contributed by atoms with Crippen LogP contribution in [-0.2, 0) is 13.0 Å². The molecule has 0 aromatic heterocycles. The van der Waals surface area contributed by atoms with E-state index >= 15 is 0 Å². The van der Waals surface area contributed by atoms with Gasteiger partial charge in [0.15, 0.2) is 0 Å². The van der Waals surface area contributed by atoms with E-state index in [1.165, 1.54) is 16.7 Å². The van der Waals surface area contributed by atoms with E-state index in [1.54, 1.807) is 0 Å². The summed E-state index contributed by atoms with van der Waals surface area (Å²) in [6.45, 7) is 5.43. The van der Waals surface area contributed by atoms with E-state index in [0.29, 0.717) is 19.1 Å². The van der Waals surface area contributed by atoms with Crippen molar-refractivity contribution in [1.29, 1.82) is 0 Å². The molecule has 166 valence electrons. The minimum absolute atomic E-state index is 0.0313. The molecule has 3 heteroatoms. The molecule has 1 heterocycles. The molecule has 5 rings (SSSR count). The van der Waals surface area contributed by atoms with Gasteiger partial charge in [-0.3, -0.25) is 4.79 Å². The maximum absolute atomic E-state index is 13.8. The highest BCUT2D eigenvalue weighted by Gasteiger charge is 2.31. The highest BCUT2D eigenvalue weighted by atomic mass is 16.5. The van der Waals surface area contributed by atoms with Crippen molar-refractivity contribution >= 4 is 16.7 Å². The van der Waals surface area contributed by atoms with Gasteiger partial charge in [0, 0.05) is 12.1 Å². The van der Waals surface area contributed by atoms with Crippen LogP contribution in [0, 0.1) is 0 Å². The summed E-state index contributed by atoms with van der Waals surface area (Å²) in [6.07, 6.45) is 0.788. The number of carbonyl (C=O) groups excluding carboxylic acids is 1. The first-order valence-corrected chi connectivity index (χ1v) is 11.7. The van der Waals surface area contributed by atoms with Gasteiger partial charge in [-0.15, -0.1) is 0 Å². The van der Waals surface area contributed by atoms with Gasteiger partial charge >= 0.3 is 0 Å². The molecule has 0 radical (unpaired) electrons. The molecular formula is C30H29NO2. The molecule has 3 nitrogen and oxygen atoms in total. The number of rotatable bonds is 5. The molecule has 0 unspecified atom stereocenters. The van der Waals surface area contributed by atoms with Crippen molar-refractivity contribution in [2.75, 3.05) is 6.61 Å². The largest absolute Gasteiger partial charge is 0.491 e. The predicted molar refractivity (Wildman–Crippen MR) is 134 cm³/mol. The first kappa shape index (κ1) is 21.3. The summed E-state index contributed by atoms with van der Waals surface area (Å²) in [4.78, 5) is 15.8. The topological polar surface area (TPSA) is 29.5 Å². The van der Waals surface area contributed by atoms with Crippen LogP contribution in [0.4, 0.5) is 0 Å². The summed E-state index contributed by atoms with van der Waals surface area (Å²) in [6, 6.07) is 30.7. The van der Waals surface area contributed by atoms with Gasteiger partial charge < -0.3 is 9.64 Å². The fraction of sp³-hybridized carbons (Fsp3) is 0.233. The van der Waals surface area contributed by atoms with Crippen LogP contribution in [0.25, 0.3) is 10.8 Å². The van der Waals surface area contributed by atoms with E-state index in [1.807, 2.05) is 53.4 Å². The standard InChI is InChI=1S/C30H29NO2/c1-21(2)22-14-16-27(17-15-22)33-20-26-18-24-9-3-4-10-25(24)19-31(26)30(32)29-13-7-11-23-8-5-6-12-28(23)29/h3-17,21,26H,18-20H2,1-2H3/t26-/m0/s1. The Morgan fingerprint density at radius 1 is 0.879 bits per heavy atom. The van der Waals surface area contributed by atoms with Crippen LogP contribution < -0.4 is 4.74 Å². The molecule has 1 amide bonds. The van der Waals surface area contributed by atoms with Crippen LogP contribution in [0.1, 0.15) is 46.8 Å². The number of amides is 1. The Kier molecular flexibility index (Phi) is 5.87. The average Bonchev–Trinajstić information content (AvgIpc) is 2.86. The van der Waals surface area contributed by atoms with E-state index in [-0.39, 0.29) is 11.9 Å². The number of benzene rings is 4. The predicted octanol–water partition coefficient (Wildman–Crippen LogP) is 6.61. The Hall–Kier alpha value is -3.59. The van der Waals surface area contributed by atoms with Crippen LogP contribution >= 0.6 is 0 Å². The first-order chi connectivity index (χ1) is 16.1. The SMILES string of the molecule is CC(C)c1ccc(OC[C@@H]2Cc3ccccc3CN2C(=O)c2cccc3ccccc23)cc1. The first-order valence-electron chi connectivity index (χ1n) is 11.7. The smallest absolute Gasteiger partial charge is 0.255 e. The van der Waals surface area contributed by atoms with Crippen molar-refractivity contribution in [3.63, 3.8) is 0 Å². The maximum Gasteiger partial charge on any atom is 0.255 e.